The van der Waals surface area contributed by atoms with Gasteiger partial charge in [0.25, 0.3) is 5.91 Å². The zero-order chi connectivity index (χ0) is 16.8. The lowest BCUT2D eigenvalue weighted by atomic mass is 10.1. The molecule has 1 N–H and O–H groups in total. The first-order valence-corrected chi connectivity index (χ1v) is 7.11. The van der Waals surface area contributed by atoms with E-state index in [1.54, 1.807) is 31.2 Å². The summed E-state index contributed by atoms with van der Waals surface area (Å²) in [7, 11) is 1.29. The molecule has 122 valence electrons. The quantitative estimate of drug-likeness (QED) is 0.822. The van der Waals surface area contributed by atoms with E-state index in [1.807, 2.05) is 6.92 Å². The summed E-state index contributed by atoms with van der Waals surface area (Å²) in [5, 5.41) is 6.63. The molecule has 1 amide bonds. The van der Waals surface area contributed by atoms with Gasteiger partial charge < -0.3 is 19.3 Å². The van der Waals surface area contributed by atoms with Gasteiger partial charge in [0, 0.05) is 11.8 Å². The van der Waals surface area contributed by atoms with Crippen LogP contribution in [0.5, 0.6) is 5.75 Å². The molecular formula is C16H18N2O5. The number of carbonyl (C=O) groups excluding carboxylic acids is 2. The summed E-state index contributed by atoms with van der Waals surface area (Å²) >= 11 is 0. The molecule has 0 spiro atoms. The minimum Gasteiger partial charge on any atom is -0.482 e. The van der Waals surface area contributed by atoms with Crippen LogP contribution in [0.2, 0.25) is 0 Å². The van der Waals surface area contributed by atoms with Gasteiger partial charge in [0.2, 0.25) is 0 Å². The number of aromatic nitrogens is 1. The third kappa shape index (κ3) is 4.09. The second-order valence-corrected chi connectivity index (χ2v) is 4.76. The Morgan fingerprint density at radius 2 is 2.13 bits per heavy atom. The first-order chi connectivity index (χ1) is 11.0. The number of carbonyl (C=O) groups is 2. The Kier molecular flexibility index (Phi) is 5.35. The van der Waals surface area contributed by atoms with E-state index in [4.69, 9.17) is 9.26 Å². The fourth-order valence-electron chi connectivity index (χ4n) is 2.01. The van der Waals surface area contributed by atoms with Crippen LogP contribution in [0.4, 0.5) is 5.69 Å². The Bertz CT molecular complexity index is 708. The summed E-state index contributed by atoms with van der Waals surface area (Å²) in [5.74, 6) is 0.140. The highest BCUT2D eigenvalue weighted by atomic mass is 16.6. The molecule has 2 aromatic rings. The van der Waals surface area contributed by atoms with Crippen LogP contribution >= 0.6 is 0 Å². The Labute approximate surface area is 133 Å². The Balaban J connectivity index is 2.09. The van der Waals surface area contributed by atoms with Gasteiger partial charge in [-0.15, -0.1) is 0 Å². The molecule has 7 heteroatoms. The van der Waals surface area contributed by atoms with E-state index in [0.29, 0.717) is 34.9 Å². The van der Waals surface area contributed by atoms with Crippen molar-refractivity contribution in [3.05, 3.63) is 41.3 Å². The van der Waals surface area contributed by atoms with E-state index in [-0.39, 0.29) is 12.5 Å². The molecule has 1 aromatic heterocycles. The summed E-state index contributed by atoms with van der Waals surface area (Å²) in [6.07, 6.45) is 0.600. The van der Waals surface area contributed by atoms with E-state index < -0.39 is 5.97 Å². The van der Waals surface area contributed by atoms with E-state index in [9.17, 15) is 9.59 Å². The largest absolute Gasteiger partial charge is 0.482 e. The number of hydrogen-bond acceptors (Lipinski definition) is 6. The molecule has 0 aliphatic carbocycles. The summed E-state index contributed by atoms with van der Waals surface area (Å²) in [6.45, 7) is 3.39. The van der Waals surface area contributed by atoms with E-state index in [1.165, 1.54) is 7.11 Å². The Hall–Kier alpha value is -2.83. The van der Waals surface area contributed by atoms with Crippen molar-refractivity contribution in [2.75, 3.05) is 19.0 Å². The molecule has 23 heavy (non-hydrogen) atoms. The monoisotopic (exact) mass is 318 g/mol. The predicted octanol–water partition coefficient (Wildman–Crippen LogP) is 2.35. The van der Waals surface area contributed by atoms with Gasteiger partial charge in [0.05, 0.1) is 12.8 Å². The lowest BCUT2D eigenvalue weighted by Crippen LogP contribution is -2.15. The number of anilines is 1. The van der Waals surface area contributed by atoms with Gasteiger partial charge in [-0.25, -0.2) is 4.79 Å². The van der Waals surface area contributed by atoms with Crippen LogP contribution in [0.25, 0.3) is 0 Å². The summed E-state index contributed by atoms with van der Waals surface area (Å²) in [5.41, 5.74) is 1.59. The molecule has 0 aliphatic heterocycles. The number of nitrogens with one attached hydrogen (secondary N) is 1. The highest BCUT2D eigenvalue weighted by Crippen LogP contribution is 2.20. The van der Waals surface area contributed by atoms with Gasteiger partial charge in [-0.2, -0.15) is 0 Å². The first kappa shape index (κ1) is 16.5. The van der Waals surface area contributed by atoms with Crippen molar-refractivity contribution >= 4 is 17.6 Å². The third-order valence-corrected chi connectivity index (χ3v) is 3.17. The van der Waals surface area contributed by atoms with Gasteiger partial charge in [-0.1, -0.05) is 18.1 Å². The zero-order valence-electron chi connectivity index (χ0n) is 13.2. The van der Waals surface area contributed by atoms with Gasteiger partial charge in [-0.3, -0.25) is 4.79 Å². The van der Waals surface area contributed by atoms with Crippen molar-refractivity contribution in [3.63, 3.8) is 0 Å². The van der Waals surface area contributed by atoms with E-state index in [0.717, 1.165) is 0 Å². The van der Waals surface area contributed by atoms with Crippen molar-refractivity contribution < 1.29 is 23.6 Å². The van der Waals surface area contributed by atoms with Crippen molar-refractivity contribution in [2.45, 2.75) is 20.3 Å². The SMILES string of the molecule is CCc1noc(C)c1C(=O)Nc1cccc(OCC(=O)OC)c1. The lowest BCUT2D eigenvalue weighted by molar-refractivity contribution is -0.142. The molecule has 0 bridgehead atoms. The maximum atomic E-state index is 12.4. The topological polar surface area (TPSA) is 90.7 Å². The molecule has 0 aliphatic rings. The smallest absolute Gasteiger partial charge is 0.343 e. The van der Waals surface area contributed by atoms with E-state index in [2.05, 4.69) is 15.2 Å². The Morgan fingerprint density at radius 1 is 1.35 bits per heavy atom. The number of aryl methyl sites for hydroxylation is 2. The number of hydrogen-bond donors (Lipinski definition) is 1. The highest BCUT2D eigenvalue weighted by molar-refractivity contribution is 6.05. The zero-order valence-corrected chi connectivity index (χ0v) is 13.2. The standard InChI is InChI=1S/C16H18N2O5/c1-4-13-15(10(2)23-18-13)16(20)17-11-6-5-7-12(8-11)22-9-14(19)21-3/h5-8H,4,9H2,1-3H3,(H,17,20). The molecule has 0 unspecified atom stereocenters. The summed E-state index contributed by atoms with van der Waals surface area (Å²) in [4.78, 5) is 23.5. The second kappa shape index (κ2) is 7.44. The van der Waals surface area contributed by atoms with Crippen LogP contribution in [0, 0.1) is 6.92 Å². The number of nitrogens with zero attached hydrogens (tertiary/aromatic N) is 1. The summed E-state index contributed by atoms with van der Waals surface area (Å²) in [6, 6.07) is 6.73. The first-order valence-electron chi connectivity index (χ1n) is 7.11. The summed E-state index contributed by atoms with van der Waals surface area (Å²) < 4.78 is 14.8. The van der Waals surface area contributed by atoms with Gasteiger partial charge in [0.1, 0.15) is 17.1 Å². The van der Waals surface area contributed by atoms with Gasteiger partial charge >= 0.3 is 5.97 Å². The molecule has 1 heterocycles. The van der Waals surface area contributed by atoms with Crippen molar-refractivity contribution in [1.82, 2.24) is 5.16 Å². The lowest BCUT2D eigenvalue weighted by Gasteiger charge is -2.08. The van der Waals surface area contributed by atoms with Crippen molar-refractivity contribution in [2.24, 2.45) is 0 Å². The van der Waals surface area contributed by atoms with Crippen LogP contribution in [-0.2, 0) is 16.0 Å². The van der Waals surface area contributed by atoms with Crippen LogP contribution in [0.3, 0.4) is 0 Å². The Morgan fingerprint density at radius 3 is 2.83 bits per heavy atom. The number of methoxy groups -OCH3 is 1. The number of ether oxygens (including phenoxy) is 2. The number of amides is 1. The average molecular weight is 318 g/mol. The maximum Gasteiger partial charge on any atom is 0.343 e. The highest BCUT2D eigenvalue weighted by Gasteiger charge is 2.19. The number of rotatable bonds is 6. The minimum atomic E-state index is -0.480. The third-order valence-electron chi connectivity index (χ3n) is 3.17. The van der Waals surface area contributed by atoms with Gasteiger partial charge in [-0.05, 0) is 25.5 Å². The molecule has 0 saturated heterocycles. The van der Waals surface area contributed by atoms with Crippen LogP contribution in [0.15, 0.2) is 28.8 Å². The predicted molar refractivity (Wildman–Crippen MR) is 82.5 cm³/mol. The molecular weight excluding hydrogens is 300 g/mol. The van der Waals surface area contributed by atoms with Crippen LogP contribution in [0.1, 0.15) is 28.7 Å². The van der Waals surface area contributed by atoms with Crippen LogP contribution < -0.4 is 10.1 Å². The maximum absolute atomic E-state index is 12.4. The number of esters is 1. The normalized spacial score (nSPS) is 10.2. The van der Waals surface area contributed by atoms with Crippen molar-refractivity contribution in [3.8, 4) is 5.75 Å². The average Bonchev–Trinajstić information content (AvgIpc) is 2.93. The molecule has 0 radical (unpaired) electrons. The molecule has 0 atom stereocenters. The fourth-order valence-corrected chi connectivity index (χ4v) is 2.01. The second-order valence-electron chi connectivity index (χ2n) is 4.76. The number of benzene rings is 1. The fraction of sp³-hybridized carbons (Fsp3) is 0.312. The molecule has 0 saturated carbocycles. The molecule has 1 aromatic carbocycles. The molecule has 2 rings (SSSR count). The minimum absolute atomic E-state index is 0.196. The molecule has 0 fully saturated rings. The van der Waals surface area contributed by atoms with Crippen molar-refractivity contribution in [1.29, 1.82) is 0 Å². The van der Waals surface area contributed by atoms with Gasteiger partial charge in [0.15, 0.2) is 6.61 Å². The molecule has 7 nitrogen and oxygen atoms in total. The van der Waals surface area contributed by atoms with Crippen LogP contribution in [-0.4, -0.2) is 30.7 Å². The van der Waals surface area contributed by atoms with E-state index >= 15 is 0 Å².